The van der Waals surface area contributed by atoms with Crippen molar-refractivity contribution in [2.75, 3.05) is 45.9 Å². The van der Waals surface area contributed by atoms with E-state index in [1.807, 2.05) is 13.0 Å². The molecule has 0 aromatic rings. The lowest BCUT2D eigenvalue weighted by atomic mass is 10.3. The maximum absolute atomic E-state index is 11.2. The Kier molecular flexibility index (Phi) is 11.6. The van der Waals surface area contributed by atoms with Crippen LogP contribution >= 0.6 is 0 Å². The summed E-state index contributed by atoms with van der Waals surface area (Å²) in [5, 5.41) is 0. The molecule has 0 aliphatic heterocycles. The van der Waals surface area contributed by atoms with E-state index in [2.05, 4.69) is 30.6 Å². The standard InChI is InChI=1S/C15H30N2O2/c1-5-16(6-2)13-10-14-17(7-3)12-9-11-15(18)19-8-4/h9,11H,5-8,10,12-14H2,1-4H3/b11-9+. The van der Waals surface area contributed by atoms with Gasteiger partial charge >= 0.3 is 5.97 Å². The van der Waals surface area contributed by atoms with Gasteiger partial charge in [0, 0.05) is 12.6 Å². The molecular weight excluding hydrogens is 240 g/mol. The van der Waals surface area contributed by atoms with Gasteiger partial charge in [0.1, 0.15) is 0 Å². The van der Waals surface area contributed by atoms with Crippen LogP contribution in [0.1, 0.15) is 34.1 Å². The van der Waals surface area contributed by atoms with E-state index in [1.54, 1.807) is 0 Å². The Hall–Kier alpha value is -0.870. The Labute approximate surface area is 118 Å². The minimum Gasteiger partial charge on any atom is -0.463 e. The Balaban J connectivity index is 3.85. The van der Waals surface area contributed by atoms with Gasteiger partial charge in [-0.1, -0.05) is 26.8 Å². The largest absolute Gasteiger partial charge is 0.463 e. The van der Waals surface area contributed by atoms with Gasteiger partial charge in [0.15, 0.2) is 0 Å². The number of hydrogen-bond acceptors (Lipinski definition) is 4. The summed E-state index contributed by atoms with van der Waals surface area (Å²) in [6.07, 6.45) is 4.58. The molecule has 0 unspecified atom stereocenters. The van der Waals surface area contributed by atoms with Crippen molar-refractivity contribution in [2.24, 2.45) is 0 Å². The summed E-state index contributed by atoms with van der Waals surface area (Å²) in [4.78, 5) is 15.9. The SMILES string of the molecule is CCOC(=O)/C=C/CN(CC)CCCN(CC)CC. The molecule has 0 saturated heterocycles. The highest BCUT2D eigenvalue weighted by Crippen LogP contribution is 1.96. The van der Waals surface area contributed by atoms with Gasteiger partial charge < -0.3 is 9.64 Å². The number of ether oxygens (including phenoxy) is 1. The van der Waals surface area contributed by atoms with Crippen molar-refractivity contribution in [2.45, 2.75) is 34.1 Å². The summed E-state index contributed by atoms with van der Waals surface area (Å²) >= 11 is 0. The Bertz CT molecular complexity index is 251. The number of nitrogens with zero attached hydrogens (tertiary/aromatic N) is 2. The highest BCUT2D eigenvalue weighted by molar-refractivity contribution is 5.81. The van der Waals surface area contributed by atoms with E-state index in [1.165, 1.54) is 12.5 Å². The van der Waals surface area contributed by atoms with E-state index < -0.39 is 0 Å². The van der Waals surface area contributed by atoms with E-state index in [-0.39, 0.29) is 5.97 Å². The fourth-order valence-electron chi connectivity index (χ4n) is 1.92. The second kappa shape index (κ2) is 12.2. The predicted octanol–water partition coefficient (Wildman–Crippen LogP) is 2.16. The van der Waals surface area contributed by atoms with Crippen LogP contribution in [0.3, 0.4) is 0 Å². The molecule has 4 nitrogen and oxygen atoms in total. The van der Waals surface area contributed by atoms with Crippen molar-refractivity contribution in [3.8, 4) is 0 Å². The zero-order chi connectivity index (χ0) is 14.5. The van der Waals surface area contributed by atoms with Crippen LogP contribution in [0.5, 0.6) is 0 Å². The van der Waals surface area contributed by atoms with Crippen LogP contribution in [0.25, 0.3) is 0 Å². The lowest BCUT2D eigenvalue weighted by Gasteiger charge is -2.22. The number of rotatable bonds is 11. The molecule has 112 valence electrons. The summed E-state index contributed by atoms with van der Waals surface area (Å²) in [5.41, 5.74) is 0. The third-order valence-electron chi connectivity index (χ3n) is 3.19. The highest BCUT2D eigenvalue weighted by atomic mass is 16.5. The zero-order valence-corrected chi connectivity index (χ0v) is 13.0. The molecule has 0 spiro atoms. The number of hydrogen-bond donors (Lipinski definition) is 0. The van der Waals surface area contributed by atoms with Gasteiger partial charge in [0.2, 0.25) is 0 Å². The summed E-state index contributed by atoms with van der Waals surface area (Å²) in [6, 6.07) is 0. The molecule has 0 aliphatic carbocycles. The molecule has 0 aliphatic rings. The number of likely N-dealkylation sites (N-methyl/N-ethyl adjacent to an activating group) is 1. The minimum absolute atomic E-state index is 0.248. The average molecular weight is 270 g/mol. The fraction of sp³-hybridized carbons (Fsp3) is 0.800. The van der Waals surface area contributed by atoms with Crippen molar-refractivity contribution >= 4 is 5.97 Å². The maximum Gasteiger partial charge on any atom is 0.330 e. The van der Waals surface area contributed by atoms with Crippen LogP contribution < -0.4 is 0 Å². The van der Waals surface area contributed by atoms with Gasteiger partial charge in [-0.15, -0.1) is 0 Å². The van der Waals surface area contributed by atoms with Gasteiger partial charge in [0.25, 0.3) is 0 Å². The van der Waals surface area contributed by atoms with Gasteiger partial charge in [-0.05, 0) is 46.1 Å². The van der Waals surface area contributed by atoms with E-state index in [4.69, 9.17) is 4.74 Å². The van der Waals surface area contributed by atoms with Crippen LogP contribution in [0.4, 0.5) is 0 Å². The zero-order valence-electron chi connectivity index (χ0n) is 13.0. The van der Waals surface area contributed by atoms with Gasteiger partial charge in [0.05, 0.1) is 6.61 Å². The van der Waals surface area contributed by atoms with E-state index in [0.717, 1.165) is 39.3 Å². The number of carbonyl (C=O) groups is 1. The molecule has 0 fully saturated rings. The lowest BCUT2D eigenvalue weighted by Crippen LogP contribution is -2.30. The monoisotopic (exact) mass is 270 g/mol. The Morgan fingerprint density at radius 3 is 2.11 bits per heavy atom. The highest BCUT2D eigenvalue weighted by Gasteiger charge is 2.03. The summed E-state index contributed by atoms with van der Waals surface area (Å²) in [6.45, 7) is 15.1. The van der Waals surface area contributed by atoms with E-state index in [0.29, 0.717) is 6.61 Å². The number of esters is 1. The van der Waals surface area contributed by atoms with Crippen LogP contribution in [-0.4, -0.2) is 61.6 Å². The predicted molar refractivity (Wildman–Crippen MR) is 80.3 cm³/mol. The molecule has 0 rings (SSSR count). The van der Waals surface area contributed by atoms with Crippen molar-refractivity contribution < 1.29 is 9.53 Å². The molecule has 0 aromatic heterocycles. The second-order valence-corrected chi connectivity index (χ2v) is 4.43. The third-order valence-corrected chi connectivity index (χ3v) is 3.19. The first-order valence-corrected chi connectivity index (χ1v) is 7.45. The van der Waals surface area contributed by atoms with Crippen molar-refractivity contribution in [1.29, 1.82) is 0 Å². The first kappa shape index (κ1) is 18.1. The Morgan fingerprint density at radius 2 is 1.58 bits per heavy atom. The van der Waals surface area contributed by atoms with Gasteiger partial charge in [-0.3, -0.25) is 4.90 Å². The topological polar surface area (TPSA) is 32.8 Å². The quantitative estimate of drug-likeness (QED) is 0.425. The molecule has 0 radical (unpaired) electrons. The molecule has 0 aromatic carbocycles. The first-order chi connectivity index (χ1) is 9.17. The second-order valence-electron chi connectivity index (χ2n) is 4.43. The summed E-state index contributed by atoms with van der Waals surface area (Å²) < 4.78 is 4.85. The van der Waals surface area contributed by atoms with E-state index in [9.17, 15) is 4.79 Å². The molecule has 0 saturated carbocycles. The van der Waals surface area contributed by atoms with Crippen LogP contribution in [-0.2, 0) is 9.53 Å². The summed E-state index contributed by atoms with van der Waals surface area (Å²) in [5.74, 6) is -0.248. The smallest absolute Gasteiger partial charge is 0.330 e. The first-order valence-electron chi connectivity index (χ1n) is 7.45. The van der Waals surface area contributed by atoms with Crippen LogP contribution in [0.2, 0.25) is 0 Å². The molecule has 0 N–H and O–H groups in total. The maximum atomic E-state index is 11.2. The van der Waals surface area contributed by atoms with Gasteiger partial charge in [-0.25, -0.2) is 4.79 Å². The minimum atomic E-state index is -0.248. The van der Waals surface area contributed by atoms with Crippen LogP contribution in [0.15, 0.2) is 12.2 Å². The molecule has 4 heteroatoms. The molecular formula is C15H30N2O2. The number of carbonyl (C=O) groups excluding carboxylic acids is 1. The Morgan fingerprint density at radius 1 is 1.00 bits per heavy atom. The van der Waals surface area contributed by atoms with E-state index >= 15 is 0 Å². The van der Waals surface area contributed by atoms with Crippen LogP contribution in [0, 0.1) is 0 Å². The van der Waals surface area contributed by atoms with Crippen molar-refractivity contribution in [3.05, 3.63) is 12.2 Å². The van der Waals surface area contributed by atoms with Crippen molar-refractivity contribution in [3.63, 3.8) is 0 Å². The van der Waals surface area contributed by atoms with Gasteiger partial charge in [-0.2, -0.15) is 0 Å². The normalized spacial score (nSPS) is 11.7. The molecule has 0 atom stereocenters. The molecule has 0 bridgehead atoms. The lowest BCUT2D eigenvalue weighted by molar-refractivity contribution is -0.137. The summed E-state index contributed by atoms with van der Waals surface area (Å²) in [7, 11) is 0. The molecule has 0 heterocycles. The molecule has 19 heavy (non-hydrogen) atoms. The average Bonchev–Trinajstić information content (AvgIpc) is 2.42. The third kappa shape index (κ3) is 9.68. The fourth-order valence-corrected chi connectivity index (χ4v) is 1.92. The molecule has 0 amide bonds. The van der Waals surface area contributed by atoms with Crippen molar-refractivity contribution in [1.82, 2.24) is 9.80 Å².